The highest BCUT2D eigenvalue weighted by atomic mass is 32.1. The summed E-state index contributed by atoms with van der Waals surface area (Å²) in [5, 5.41) is 5.24. The maximum atomic E-state index is 12.1. The highest BCUT2D eigenvalue weighted by Gasteiger charge is 2.06. The fraction of sp³-hybridized carbons (Fsp3) is 0.100. The van der Waals surface area contributed by atoms with Crippen molar-refractivity contribution in [2.24, 2.45) is 0 Å². The number of hydrogen-bond donors (Lipinski definition) is 1. The number of hydrogen-bond acceptors (Lipinski definition) is 5. The molecule has 3 rings (SSSR count). The number of carbonyl (C=O) groups excluding carboxylic acids is 1. The minimum absolute atomic E-state index is 0.233. The Balaban J connectivity index is 1.64. The van der Waals surface area contributed by atoms with Gasteiger partial charge >= 0.3 is 0 Å². The molecule has 132 valence electrons. The van der Waals surface area contributed by atoms with Gasteiger partial charge in [0.15, 0.2) is 5.13 Å². The number of rotatable bonds is 6. The van der Waals surface area contributed by atoms with Crippen LogP contribution in [0, 0.1) is 0 Å². The van der Waals surface area contributed by atoms with Gasteiger partial charge in [-0.05, 0) is 48.0 Å². The fourth-order valence-electron chi connectivity index (χ4n) is 2.29. The first kappa shape index (κ1) is 17.7. The first-order valence-corrected chi connectivity index (χ1v) is 8.79. The first-order valence-electron chi connectivity index (χ1n) is 7.91. The number of aromatic nitrogens is 1. The van der Waals surface area contributed by atoms with Gasteiger partial charge in [-0.1, -0.05) is 12.1 Å². The van der Waals surface area contributed by atoms with Crippen LogP contribution in [0.1, 0.15) is 5.56 Å². The number of anilines is 1. The Labute approximate surface area is 155 Å². The van der Waals surface area contributed by atoms with E-state index in [2.05, 4.69) is 10.3 Å². The average Bonchev–Trinajstić information content (AvgIpc) is 3.15. The lowest BCUT2D eigenvalue weighted by Gasteiger charge is -2.01. The molecule has 0 aliphatic rings. The molecule has 6 heteroatoms. The van der Waals surface area contributed by atoms with Crippen LogP contribution < -0.4 is 14.8 Å². The normalized spacial score (nSPS) is 10.7. The second kappa shape index (κ2) is 8.31. The molecule has 1 amide bonds. The molecular formula is C20H18N2O3S. The van der Waals surface area contributed by atoms with E-state index in [9.17, 15) is 4.79 Å². The molecule has 1 aromatic heterocycles. The number of nitrogens with one attached hydrogen (secondary N) is 1. The van der Waals surface area contributed by atoms with Gasteiger partial charge in [0.05, 0.1) is 19.9 Å². The van der Waals surface area contributed by atoms with Crippen LogP contribution in [0.15, 0.2) is 60.0 Å². The van der Waals surface area contributed by atoms with Crippen LogP contribution in [0.3, 0.4) is 0 Å². The Morgan fingerprint density at radius 3 is 2.58 bits per heavy atom. The minimum Gasteiger partial charge on any atom is -0.497 e. The molecule has 26 heavy (non-hydrogen) atoms. The molecule has 3 aromatic rings. The van der Waals surface area contributed by atoms with Crippen LogP contribution in [0.25, 0.3) is 17.3 Å². The summed E-state index contributed by atoms with van der Waals surface area (Å²) in [7, 11) is 3.24. The van der Waals surface area contributed by atoms with E-state index in [1.165, 1.54) is 17.4 Å². The molecule has 1 heterocycles. The van der Waals surface area contributed by atoms with Crippen molar-refractivity contribution in [1.29, 1.82) is 0 Å². The van der Waals surface area contributed by atoms with Gasteiger partial charge in [0, 0.05) is 17.0 Å². The van der Waals surface area contributed by atoms with Crippen LogP contribution in [-0.2, 0) is 4.79 Å². The first-order chi connectivity index (χ1) is 12.7. The molecule has 0 unspecified atom stereocenters. The molecule has 0 aliphatic carbocycles. The van der Waals surface area contributed by atoms with Gasteiger partial charge in [-0.25, -0.2) is 4.98 Å². The number of methoxy groups -OCH3 is 2. The molecular weight excluding hydrogens is 348 g/mol. The lowest BCUT2D eigenvalue weighted by Crippen LogP contribution is -2.07. The standard InChI is InChI=1S/C20H18N2O3S/c1-24-16-9-7-15(8-10-16)18-13-26-20(21-18)22-19(23)11-6-14-4-3-5-17(12-14)25-2/h3-13H,1-2H3,(H,21,22,23)/b11-6+. The summed E-state index contributed by atoms with van der Waals surface area (Å²) in [6.45, 7) is 0. The number of benzene rings is 2. The number of nitrogens with zero attached hydrogens (tertiary/aromatic N) is 1. The lowest BCUT2D eigenvalue weighted by atomic mass is 10.2. The molecule has 0 fully saturated rings. The Morgan fingerprint density at radius 2 is 1.85 bits per heavy atom. The summed E-state index contributed by atoms with van der Waals surface area (Å²) < 4.78 is 10.3. The zero-order valence-electron chi connectivity index (χ0n) is 14.4. The Kier molecular flexibility index (Phi) is 5.66. The molecule has 0 spiro atoms. The smallest absolute Gasteiger partial charge is 0.250 e. The van der Waals surface area contributed by atoms with Crippen molar-refractivity contribution < 1.29 is 14.3 Å². The van der Waals surface area contributed by atoms with Gasteiger partial charge in [0.2, 0.25) is 5.91 Å². The fourth-order valence-corrected chi connectivity index (χ4v) is 3.01. The topological polar surface area (TPSA) is 60.5 Å². The predicted octanol–water partition coefficient (Wildman–Crippen LogP) is 4.48. The van der Waals surface area contributed by atoms with Crippen LogP contribution in [0.4, 0.5) is 5.13 Å². The average molecular weight is 366 g/mol. The van der Waals surface area contributed by atoms with Crippen molar-refractivity contribution in [3.8, 4) is 22.8 Å². The molecule has 0 aliphatic heterocycles. The maximum absolute atomic E-state index is 12.1. The van der Waals surface area contributed by atoms with Crippen molar-refractivity contribution in [2.75, 3.05) is 19.5 Å². The molecule has 0 saturated heterocycles. The van der Waals surface area contributed by atoms with Crippen molar-refractivity contribution in [3.63, 3.8) is 0 Å². The number of amides is 1. The van der Waals surface area contributed by atoms with Crippen molar-refractivity contribution in [3.05, 3.63) is 65.6 Å². The molecule has 0 radical (unpaired) electrons. The van der Waals surface area contributed by atoms with E-state index in [4.69, 9.17) is 9.47 Å². The zero-order valence-corrected chi connectivity index (χ0v) is 15.2. The molecule has 0 saturated carbocycles. The van der Waals surface area contributed by atoms with Crippen LogP contribution in [0.5, 0.6) is 11.5 Å². The molecule has 0 bridgehead atoms. The summed E-state index contributed by atoms with van der Waals surface area (Å²) in [5.41, 5.74) is 2.66. The van der Waals surface area contributed by atoms with E-state index in [0.29, 0.717) is 5.13 Å². The number of carbonyl (C=O) groups is 1. The van der Waals surface area contributed by atoms with E-state index in [1.54, 1.807) is 20.3 Å². The number of thiazole rings is 1. The highest BCUT2D eigenvalue weighted by Crippen LogP contribution is 2.26. The third kappa shape index (κ3) is 4.49. The second-order valence-corrected chi connectivity index (χ2v) is 6.22. The van der Waals surface area contributed by atoms with Crippen LogP contribution in [-0.4, -0.2) is 25.1 Å². The Morgan fingerprint density at radius 1 is 1.08 bits per heavy atom. The molecule has 0 atom stereocenters. The number of ether oxygens (including phenoxy) is 2. The summed E-state index contributed by atoms with van der Waals surface area (Å²) in [6.07, 6.45) is 3.21. The summed E-state index contributed by atoms with van der Waals surface area (Å²) in [6, 6.07) is 15.1. The Bertz CT molecular complexity index is 917. The van der Waals surface area contributed by atoms with Gasteiger partial charge < -0.3 is 9.47 Å². The van der Waals surface area contributed by atoms with Gasteiger partial charge in [0.25, 0.3) is 0 Å². The SMILES string of the molecule is COc1ccc(-c2csc(NC(=O)/C=C/c3cccc(OC)c3)n2)cc1. The largest absolute Gasteiger partial charge is 0.497 e. The van der Waals surface area contributed by atoms with Crippen molar-refractivity contribution in [2.45, 2.75) is 0 Å². The molecule has 2 aromatic carbocycles. The van der Waals surface area contributed by atoms with E-state index in [1.807, 2.05) is 53.9 Å². The Hall–Kier alpha value is -3.12. The molecule has 1 N–H and O–H groups in total. The monoisotopic (exact) mass is 366 g/mol. The van der Waals surface area contributed by atoms with Gasteiger partial charge in [0.1, 0.15) is 11.5 Å². The van der Waals surface area contributed by atoms with E-state index >= 15 is 0 Å². The second-order valence-electron chi connectivity index (χ2n) is 5.37. The van der Waals surface area contributed by atoms with Crippen molar-refractivity contribution >= 4 is 28.5 Å². The van der Waals surface area contributed by atoms with Gasteiger partial charge in [-0.2, -0.15) is 0 Å². The van der Waals surface area contributed by atoms with Gasteiger partial charge in [-0.3, -0.25) is 10.1 Å². The minimum atomic E-state index is -0.233. The summed E-state index contributed by atoms with van der Waals surface area (Å²) in [4.78, 5) is 16.5. The van der Waals surface area contributed by atoms with E-state index in [-0.39, 0.29) is 5.91 Å². The lowest BCUT2D eigenvalue weighted by molar-refractivity contribution is -0.111. The van der Waals surface area contributed by atoms with E-state index < -0.39 is 0 Å². The highest BCUT2D eigenvalue weighted by molar-refractivity contribution is 7.14. The quantitative estimate of drug-likeness (QED) is 0.654. The maximum Gasteiger partial charge on any atom is 0.250 e. The van der Waals surface area contributed by atoms with Crippen LogP contribution in [0.2, 0.25) is 0 Å². The zero-order chi connectivity index (χ0) is 18.4. The summed E-state index contributed by atoms with van der Waals surface area (Å²) >= 11 is 1.38. The van der Waals surface area contributed by atoms with Crippen molar-refractivity contribution in [1.82, 2.24) is 4.98 Å². The van der Waals surface area contributed by atoms with E-state index in [0.717, 1.165) is 28.3 Å². The molecule has 5 nitrogen and oxygen atoms in total. The third-order valence-corrected chi connectivity index (χ3v) is 4.40. The van der Waals surface area contributed by atoms with Gasteiger partial charge in [-0.15, -0.1) is 11.3 Å². The predicted molar refractivity (Wildman–Crippen MR) is 105 cm³/mol. The van der Waals surface area contributed by atoms with Crippen LogP contribution >= 0.6 is 11.3 Å². The summed E-state index contributed by atoms with van der Waals surface area (Å²) in [5.74, 6) is 1.31. The third-order valence-electron chi connectivity index (χ3n) is 3.64.